The maximum Gasteiger partial charge on any atom is 0.261 e. The number of carbonyl (C=O) groups excluding carboxylic acids is 1. The third-order valence-corrected chi connectivity index (χ3v) is 5.76. The largest absolute Gasteiger partial charge is 0.463 e. The van der Waals surface area contributed by atoms with Crippen molar-refractivity contribution in [2.45, 2.75) is 18.9 Å². The zero-order valence-corrected chi connectivity index (χ0v) is 13.3. The van der Waals surface area contributed by atoms with E-state index in [9.17, 15) is 18.0 Å². The van der Waals surface area contributed by atoms with Crippen molar-refractivity contribution in [3.8, 4) is 11.5 Å². The van der Waals surface area contributed by atoms with E-state index in [-0.39, 0.29) is 17.1 Å². The molecule has 23 heavy (non-hydrogen) atoms. The third kappa shape index (κ3) is 3.21. The van der Waals surface area contributed by atoms with Gasteiger partial charge < -0.3 is 14.7 Å². The molecule has 0 aromatic carbocycles. The number of nitrogens with one attached hydrogen (secondary N) is 2. The molecule has 1 aliphatic heterocycles. The van der Waals surface area contributed by atoms with E-state index in [1.807, 2.05) is 0 Å². The van der Waals surface area contributed by atoms with Crippen LogP contribution >= 0.6 is 0 Å². The van der Waals surface area contributed by atoms with Gasteiger partial charge in [-0.05, 0) is 37.6 Å². The Kier molecular flexibility index (Phi) is 3.63. The van der Waals surface area contributed by atoms with Crippen molar-refractivity contribution in [2.24, 2.45) is 0 Å². The molecule has 0 aliphatic carbocycles. The second kappa shape index (κ2) is 5.38. The second-order valence-electron chi connectivity index (χ2n) is 5.95. The van der Waals surface area contributed by atoms with Gasteiger partial charge in [-0.1, -0.05) is 0 Å². The molecule has 7 nitrogen and oxygen atoms in total. The molecule has 0 saturated carbocycles. The van der Waals surface area contributed by atoms with E-state index in [0.717, 1.165) is 0 Å². The Hall–Kier alpha value is -2.35. The molecule has 2 aromatic rings. The van der Waals surface area contributed by atoms with Crippen molar-refractivity contribution in [3.63, 3.8) is 0 Å². The fourth-order valence-corrected chi connectivity index (χ4v) is 4.77. The number of hydrogen-bond donors (Lipinski definition) is 2. The van der Waals surface area contributed by atoms with Crippen LogP contribution in [0.15, 0.2) is 39.7 Å². The summed E-state index contributed by atoms with van der Waals surface area (Å²) in [5.74, 6) is -0.175. The molecule has 3 heterocycles. The van der Waals surface area contributed by atoms with Crippen LogP contribution in [0, 0.1) is 0 Å². The van der Waals surface area contributed by atoms with Crippen molar-refractivity contribution in [1.82, 2.24) is 10.3 Å². The Balaban J connectivity index is 1.82. The lowest BCUT2D eigenvalue weighted by molar-refractivity contribution is 0.0914. The molecular formula is C15H16N2O5S. The van der Waals surface area contributed by atoms with Crippen LogP contribution in [0.1, 0.15) is 23.7 Å². The van der Waals surface area contributed by atoms with Gasteiger partial charge >= 0.3 is 0 Å². The molecule has 1 amide bonds. The first-order valence-corrected chi connectivity index (χ1v) is 8.90. The van der Waals surface area contributed by atoms with Crippen LogP contribution in [0.3, 0.4) is 0 Å². The number of hydrogen-bond acceptors (Lipinski definition) is 5. The molecule has 0 radical (unpaired) electrons. The summed E-state index contributed by atoms with van der Waals surface area (Å²) in [7, 11) is -3.14. The molecule has 8 heteroatoms. The molecule has 1 atom stereocenters. The molecule has 1 fully saturated rings. The number of carbonyl (C=O) groups is 1. The Morgan fingerprint density at radius 1 is 1.35 bits per heavy atom. The van der Waals surface area contributed by atoms with E-state index in [0.29, 0.717) is 17.9 Å². The molecule has 1 aliphatic rings. The quantitative estimate of drug-likeness (QED) is 0.867. The summed E-state index contributed by atoms with van der Waals surface area (Å²) in [4.78, 5) is 27.0. The number of aromatic nitrogens is 1. The lowest BCUT2D eigenvalue weighted by atomic mass is 10.0. The average Bonchev–Trinajstić information content (AvgIpc) is 3.06. The summed E-state index contributed by atoms with van der Waals surface area (Å²) >= 11 is 0. The number of H-pyrrole nitrogens is 1. The Morgan fingerprint density at radius 2 is 2.13 bits per heavy atom. The van der Waals surface area contributed by atoms with Crippen LogP contribution in [0.2, 0.25) is 0 Å². The van der Waals surface area contributed by atoms with Crippen LogP contribution < -0.4 is 10.9 Å². The molecule has 0 spiro atoms. The highest BCUT2D eigenvalue weighted by atomic mass is 32.2. The molecule has 0 bridgehead atoms. The summed E-state index contributed by atoms with van der Waals surface area (Å²) in [5, 5.41) is 2.66. The van der Waals surface area contributed by atoms with Crippen LogP contribution in [0.5, 0.6) is 0 Å². The van der Waals surface area contributed by atoms with Crippen molar-refractivity contribution in [2.75, 3.05) is 11.5 Å². The molecule has 0 unspecified atom stereocenters. The van der Waals surface area contributed by atoms with Gasteiger partial charge in [-0.25, -0.2) is 8.42 Å². The second-order valence-corrected chi connectivity index (χ2v) is 8.13. The van der Waals surface area contributed by atoms with Crippen molar-refractivity contribution < 1.29 is 17.6 Å². The highest BCUT2D eigenvalue weighted by molar-refractivity contribution is 7.91. The minimum absolute atomic E-state index is 0.0393. The zero-order chi connectivity index (χ0) is 16.7. The molecule has 2 aromatic heterocycles. The van der Waals surface area contributed by atoms with E-state index < -0.39 is 26.8 Å². The number of amides is 1. The van der Waals surface area contributed by atoms with Crippen molar-refractivity contribution in [3.05, 3.63) is 46.4 Å². The van der Waals surface area contributed by atoms with Gasteiger partial charge in [-0.15, -0.1) is 0 Å². The number of furan rings is 1. The number of rotatable bonds is 3. The number of sulfone groups is 1. The minimum atomic E-state index is -3.14. The summed E-state index contributed by atoms with van der Waals surface area (Å²) in [6.45, 7) is 1.67. The summed E-state index contributed by atoms with van der Waals surface area (Å²) < 4.78 is 28.3. The van der Waals surface area contributed by atoms with E-state index in [2.05, 4.69) is 10.3 Å². The van der Waals surface area contributed by atoms with E-state index in [1.165, 1.54) is 12.3 Å². The van der Waals surface area contributed by atoms with Crippen LogP contribution in [-0.4, -0.2) is 36.4 Å². The van der Waals surface area contributed by atoms with Gasteiger partial charge in [-0.2, -0.15) is 0 Å². The van der Waals surface area contributed by atoms with E-state index in [4.69, 9.17) is 4.42 Å². The number of pyridine rings is 1. The minimum Gasteiger partial charge on any atom is -0.463 e. The highest BCUT2D eigenvalue weighted by Gasteiger charge is 2.39. The molecule has 1 saturated heterocycles. The first-order valence-electron chi connectivity index (χ1n) is 7.08. The molecule has 3 rings (SSSR count). The summed E-state index contributed by atoms with van der Waals surface area (Å²) in [6.07, 6.45) is 1.82. The lowest BCUT2D eigenvalue weighted by Crippen LogP contribution is -2.48. The van der Waals surface area contributed by atoms with Gasteiger partial charge in [-0.3, -0.25) is 9.59 Å². The van der Waals surface area contributed by atoms with Crippen LogP contribution in [0.4, 0.5) is 0 Å². The Labute approximate surface area is 132 Å². The summed E-state index contributed by atoms with van der Waals surface area (Å²) in [5.41, 5.74) is -1.000. The van der Waals surface area contributed by atoms with Crippen LogP contribution in [0.25, 0.3) is 11.5 Å². The van der Waals surface area contributed by atoms with E-state index in [1.54, 1.807) is 25.1 Å². The Bertz CT molecular complexity index is 898. The van der Waals surface area contributed by atoms with Gasteiger partial charge in [0.15, 0.2) is 9.84 Å². The lowest BCUT2D eigenvalue weighted by Gasteiger charge is -2.23. The zero-order valence-electron chi connectivity index (χ0n) is 12.5. The fourth-order valence-electron chi connectivity index (χ4n) is 2.68. The first kappa shape index (κ1) is 15.5. The normalized spacial score (nSPS) is 22.8. The first-order chi connectivity index (χ1) is 10.8. The topological polar surface area (TPSA) is 109 Å². The van der Waals surface area contributed by atoms with Crippen molar-refractivity contribution in [1.29, 1.82) is 0 Å². The maximum atomic E-state index is 12.3. The molecular weight excluding hydrogens is 320 g/mol. The van der Waals surface area contributed by atoms with E-state index >= 15 is 0 Å². The predicted octanol–water partition coefficient (Wildman–Crippen LogP) is 0.942. The predicted molar refractivity (Wildman–Crippen MR) is 83.9 cm³/mol. The average molecular weight is 336 g/mol. The van der Waals surface area contributed by atoms with Gasteiger partial charge in [0.2, 0.25) is 0 Å². The van der Waals surface area contributed by atoms with Gasteiger partial charge in [0, 0.05) is 0 Å². The third-order valence-electron chi connectivity index (χ3n) is 3.86. The maximum absolute atomic E-state index is 12.3. The van der Waals surface area contributed by atoms with Crippen LogP contribution in [-0.2, 0) is 9.84 Å². The SMILES string of the molecule is C[C@@]1(NC(=O)c2ccc(-c3ccco3)[nH]c2=O)CCS(=O)(=O)C1. The standard InChI is InChI=1S/C15H16N2O5S/c1-15(6-8-23(20,21)9-15)17-14(19)10-4-5-11(16-13(10)18)12-3-2-7-22-12/h2-5,7H,6,8-9H2,1H3,(H,16,18)(H,17,19)/t15-/m1/s1. The van der Waals surface area contributed by atoms with Gasteiger partial charge in [0.05, 0.1) is 29.0 Å². The Morgan fingerprint density at radius 3 is 2.70 bits per heavy atom. The van der Waals surface area contributed by atoms with Crippen molar-refractivity contribution >= 4 is 15.7 Å². The van der Waals surface area contributed by atoms with Gasteiger partial charge in [0.25, 0.3) is 11.5 Å². The fraction of sp³-hybridized carbons (Fsp3) is 0.333. The molecule has 122 valence electrons. The number of aromatic amines is 1. The summed E-state index contributed by atoms with van der Waals surface area (Å²) in [6, 6.07) is 6.35. The highest BCUT2D eigenvalue weighted by Crippen LogP contribution is 2.23. The monoisotopic (exact) mass is 336 g/mol. The smallest absolute Gasteiger partial charge is 0.261 e. The van der Waals surface area contributed by atoms with Gasteiger partial charge in [0.1, 0.15) is 11.3 Å². The molecule has 2 N–H and O–H groups in total.